The van der Waals surface area contributed by atoms with Gasteiger partial charge in [-0.15, -0.1) is 12.6 Å². The van der Waals surface area contributed by atoms with Crippen LogP contribution in [-0.4, -0.2) is 21.0 Å². The van der Waals surface area contributed by atoms with Crippen molar-refractivity contribution in [2.45, 2.75) is 4.90 Å². The number of benzene rings is 1. The second kappa shape index (κ2) is 6.19. The van der Waals surface area contributed by atoms with Gasteiger partial charge in [-0.25, -0.2) is 4.79 Å². The summed E-state index contributed by atoms with van der Waals surface area (Å²) in [4.78, 5) is 25.7. The lowest BCUT2D eigenvalue weighted by Gasteiger charge is -2.08. The number of carbonyl (C=O) groups is 1. The van der Waals surface area contributed by atoms with Crippen LogP contribution in [0.4, 0.5) is 5.69 Å². The largest absolute Gasteiger partial charge is 0.478 e. The molecule has 0 aliphatic rings. The van der Waals surface area contributed by atoms with Crippen molar-refractivity contribution in [1.29, 1.82) is 0 Å². The number of thiol groups is 1. The van der Waals surface area contributed by atoms with E-state index in [1.165, 1.54) is 18.3 Å². The van der Waals surface area contributed by atoms with Crippen molar-refractivity contribution >= 4 is 30.4 Å². The lowest BCUT2D eigenvalue weighted by Crippen LogP contribution is -1.98. The Hall–Kier alpha value is -2.67. The molecule has 106 valence electrons. The molecule has 1 N–H and O–H groups in total. The summed E-state index contributed by atoms with van der Waals surface area (Å²) in [6.07, 6.45) is 3.73. The minimum absolute atomic E-state index is 0.188. The van der Waals surface area contributed by atoms with Crippen LogP contribution in [0.15, 0.2) is 47.5 Å². The van der Waals surface area contributed by atoms with Crippen LogP contribution in [-0.2, 0) is 4.79 Å². The highest BCUT2D eigenvalue weighted by molar-refractivity contribution is 7.80. The number of nitrogens with zero attached hydrogens (tertiary/aromatic N) is 2. The number of nitro benzene ring substituents is 1. The first-order valence-electron chi connectivity index (χ1n) is 5.83. The van der Waals surface area contributed by atoms with Gasteiger partial charge in [-0.3, -0.25) is 15.1 Å². The van der Waals surface area contributed by atoms with Gasteiger partial charge in [0.15, 0.2) is 0 Å². The van der Waals surface area contributed by atoms with E-state index in [0.29, 0.717) is 11.3 Å². The van der Waals surface area contributed by atoms with Crippen molar-refractivity contribution in [2.24, 2.45) is 0 Å². The van der Waals surface area contributed by atoms with Crippen LogP contribution in [0.2, 0.25) is 0 Å². The predicted molar refractivity (Wildman–Crippen MR) is 80.2 cm³/mol. The minimum Gasteiger partial charge on any atom is -0.478 e. The lowest BCUT2D eigenvalue weighted by molar-refractivity contribution is -0.387. The third-order valence-electron chi connectivity index (χ3n) is 2.70. The maximum Gasteiger partial charge on any atom is 0.328 e. The Morgan fingerprint density at radius 2 is 2.10 bits per heavy atom. The summed E-state index contributed by atoms with van der Waals surface area (Å²) in [7, 11) is 0. The highest BCUT2D eigenvalue weighted by Gasteiger charge is 2.22. The van der Waals surface area contributed by atoms with Crippen molar-refractivity contribution in [1.82, 2.24) is 4.98 Å². The van der Waals surface area contributed by atoms with E-state index in [-0.39, 0.29) is 16.1 Å². The zero-order valence-corrected chi connectivity index (χ0v) is 11.5. The molecule has 0 atom stereocenters. The molecule has 0 unspecified atom stereocenters. The second-order valence-electron chi connectivity index (χ2n) is 4.04. The van der Waals surface area contributed by atoms with Crippen molar-refractivity contribution in [3.63, 3.8) is 0 Å². The van der Waals surface area contributed by atoms with E-state index in [2.05, 4.69) is 17.6 Å². The van der Waals surface area contributed by atoms with E-state index in [0.717, 1.165) is 6.08 Å². The number of aromatic nitrogens is 1. The van der Waals surface area contributed by atoms with Gasteiger partial charge in [0, 0.05) is 12.3 Å². The fraction of sp³-hybridized carbons (Fsp3) is 0. The summed E-state index contributed by atoms with van der Waals surface area (Å²) in [5.74, 6) is -1.14. The molecule has 21 heavy (non-hydrogen) atoms. The molecule has 2 rings (SSSR count). The number of nitro groups is 1. The Kier molecular flexibility index (Phi) is 4.34. The predicted octanol–water partition coefficient (Wildman–Crippen LogP) is 3.04. The van der Waals surface area contributed by atoms with Gasteiger partial charge >= 0.3 is 5.97 Å². The van der Waals surface area contributed by atoms with Crippen LogP contribution >= 0.6 is 12.6 Å². The van der Waals surface area contributed by atoms with E-state index in [1.54, 1.807) is 24.3 Å². The van der Waals surface area contributed by atoms with E-state index in [1.807, 2.05) is 0 Å². The number of pyridine rings is 1. The van der Waals surface area contributed by atoms with Crippen molar-refractivity contribution in [2.75, 3.05) is 0 Å². The number of hydrogen-bond acceptors (Lipinski definition) is 5. The van der Waals surface area contributed by atoms with Gasteiger partial charge in [-0.2, -0.15) is 0 Å². The Morgan fingerprint density at radius 1 is 1.33 bits per heavy atom. The first-order chi connectivity index (χ1) is 10.0. The SMILES string of the molecule is O=C(O)/C=C/c1ccc(S)c([N+](=O)[O-])c1-c1ccccn1. The Labute approximate surface area is 125 Å². The molecule has 0 bridgehead atoms. The van der Waals surface area contributed by atoms with Crippen molar-refractivity contribution in [3.8, 4) is 11.3 Å². The maximum atomic E-state index is 11.3. The lowest BCUT2D eigenvalue weighted by atomic mass is 10.0. The highest BCUT2D eigenvalue weighted by Crippen LogP contribution is 2.37. The molecule has 0 amide bonds. The van der Waals surface area contributed by atoms with Gasteiger partial charge in [-0.1, -0.05) is 12.1 Å². The summed E-state index contributed by atoms with van der Waals surface area (Å²) < 4.78 is 0. The highest BCUT2D eigenvalue weighted by atomic mass is 32.1. The van der Waals surface area contributed by atoms with E-state index in [9.17, 15) is 14.9 Å². The first-order valence-corrected chi connectivity index (χ1v) is 6.28. The van der Waals surface area contributed by atoms with Crippen LogP contribution in [0, 0.1) is 10.1 Å². The van der Waals surface area contributed by atoms with Crippen molar-refractivity contribution < 1.29 is 14.8 Å². The summed E-state index contributed by atoms with van der Waals surface area (Å²) in [6.45, 7) is 0. The second-order valence-corrected chi connectivity index (χ2v) is 4.52. The summed E-state index contributed by atoms with van der Waals surface area (Å²) in [5, 5.41) is 20.0. The summed E-state index contributed by atoms with van der Waals surface area (Å²) in [5.41, 5.74) is 0.806. The van der Waals surface area contributed by atoms with Gasteiger partial charge in [-0.05, 0) is 29.8 Å². The third kappa shape index (κ3) is 3.26. The molecular formula is C14H10N2O4S. The molecule has 0 aliphatic heterocycles. The summed E-state index contributed by atoms with van der Waals surface area (Å²) in [6, 6.07) is 8.02. The van der Waals surface area contributed by atoms with E-state index < -0.39 is 10.9 Å². The zero-order valence-electron chi connectivity index (χ0n) is 10.6. The average Bonchev–Trinajstić information content (AvgIpc) is 2.46. The Balaban J connectivity index is 2.75. The van der Waals surface area contributed by atoms with E-state index in [4.69, 9.17) is 5.11 Å². The van der Waals surface area contributed by atoms with Crippen molar-refractivity contribution in [3.05, 3.63) is 58.3 Å². The van der Waals surface area contributed by atoms with Crippen LogP contribution in [0.1, 0.15) is 5.56 Å². The molecular weight excluding hydrogens is 292 g/mol. The van der Waals surface area contributed by atoms with Gasteiger partial charge < -0.3 is 5.11 Å². The number of hydrogen-bond donors (Lipinski definition) is 2. The molecule has 7 heteroatoms. The molecule has 0 saturated heterocycles. The number of rotatable bonds is 4. The van der Waals surface area contributed by atoms with Crippen LogP contribution in [0.5, 0.6) is 0 Å². The number of carboxylic acids is 1. The maximum absolute atomic E-state index is 11.3. The number of carboxylic acid groups (broad SMARTS) is 1. The van der Waals surface area contributed by atoms with Gasteiger partial charge in [0.25, 0.3) is 5.69 Å². The standard InChI is InChI=1S/C14H10N2O4S/c17-12(18)7-5-9-4-6-11(21)14(16(19)20)13(9)10-3-1-2-8-15-10/h1-8,21H,(H,17,18)/b7-5+. The molecule has 6 nitrogen and oxygen atoms in total. The van der Waals surface area contributed by atoms with E-state index >= 15 is 0 Å². The summed E-state index contributed by atoms with van der Waals surface area (Å²) >= 11 is 4.10. The molecule has 1 aromatic carbocycles. The third-order valence-corrected chi connectivity index (χ3v) is 3.06. The molecule has 1 aromatic heterocycles. The number of aliphatic carboxylic acids is 1. The Morgan fingerprint density at radius 3 is 2.67 bits per heavy atom. The zero-order chi connectivity index (χ0) is 15.4. The normalized spacial score (nSPS) is 10.7. The van der Waals surface area contributed by atoms with Crippen LogP contribution in [0.3, 0.4) is 0 Å². The Bertz CT molecular complexity index is 729. The molecule has 0 saturated carbocycles. The average molecular weight is 302 g/mol. The molecule has 2 aromatic rings. The molecule has 1 heterocycles. The van der Waals surface area contributed by atoms with Gasteiger partial charge in [0.05, 0.1) is 21.1 Å². The fourth-order valence-electron chi connectivity index (χ4n) is 1.86. The first kappa shape index (κ1) is 14.7. The molecule has 0 fully saturated rings. The quantitative estimate of drug-likeness (QED) is 0.392. The fourth-order valence-corrected chi connectivity index (χ4v) is 2.13. The minimum atomic E-state index is -1.14. The van der Waals surface area contributed by atoms with Crippen LogP contribution < -0.4 is 0 Å². The topological polar surface area (TPSA) is 93.3 Å². The van der Waals surface area contributed by atoms with Gasteiger partial charge in [0.2, 0.25) is 0 Å². The molecule has 0 spiro atoms. The molecule has 0 radical (unpaired) electrons. The monoisotopic (exact) mass is 302 g/mol. The van der Waals surface area contributed by atoms with Gasteiger partial charge in [0.1, 0.15) is 0 Å². The smallest absolute Gasteiger partial charge is 0.328 e. The van der Waals surface area contributed by atoms with Crippen LogP contribution in [0.25, 0.3) is 17.3 Å². The molecule has 0 aliphatic carbocycles.